The smallest absolute Gasteiger partial charge is 0.330 e. The summed E-state index contributed by atoms with van der Waals surface area (Å²) in [6.07, 6.45) is 0. The van der Waals surface area contributed by atoms with Crippen LogP contribution in [0.2, 0.25) is 10.0 Å². The second-order valence-corrected chi connectivity index (χ2v) is 5.23. The first kappa shape index (κ1) is 17.2. The summed E-state index contributed by atoms with van der Waals surface area (Å²) in [6, 6.07) is 5.02. The Morgan fingerprint density at radius 1 is 1.40 bits per heavy atom. The Bertz CT molecular complexity index is 468. The second kappa shape index (κ2) is 7.84. The first-order valence-electron chi connectivity index (χ1n) is 6.32. The summed E-state index contributed by atoms with van der Waals surface area (Å²) in [6.45, 7) is 4.75. The molecule has 0 bridgehead atoms. The minimum absolute atomic E-state index is 0.297. The molecule has 0 fully saturated rings. The molecule has 1 N–H and O–H groups in total. The number of benzene rings is 1. The third-order valence-corrected chi connectivity index (χ3v) is 3.49. The van der Waals surface area contributed by atoms with Crippen LogP contribution in [0.15, 0.2) is 18.2 Å². The van der Waals surface area contributed by atoms with E-state index in [1.165, 1.54) is 0 Å². The van der Waals surface area contributed by atoms with Gasteiger partial charge in [0.25, 0.3) is 0 Å². The topological polar surface area (TPSA) is 47.6 Å². The van der Waals surface area contributed by atoms with Crippen molar-refractivity contribution in [3.05, 3.63) is 33.8 Å². The minimum Gasteiger partial charge on any atom is -0.464 e. The van der Waals surface area contributed by atoms with Gasteiger partial charge in [0, 0.05) is 29.3 Å². The standard InChI is InChI=1S/C14H19Cl2NO3/c1-4-20-13(18)14(2,17-7-8-19-3)11-6-5-10(15)9-12(11)16/h5-6,9,17H,4,7-8H2,1-3H3. The van der Waals surface area contributed by atoms with Gasteiger partial charge in [-0.1, -0.05) is 29.3 Å². The molecule has 0 heterocycles. The molecular weight excluding hydrogens is 301 g/mol. The predicted molar refractivity (Wildman–Crippen MR) is 80.3 cm³/mol. The Kier molecular flexibility index (Phi) is 6.76. The molecule has 0 saturated carbocycles. The molecule has 0 saturated heterocycles. The molecule has 1 aromatic rings. The van der Waals surface area contributed by atoms with E-state index in [4.69, 9.17) is 32.7 Å². The zero-order valence-electron chi connectivity index (χ0n) is 11.8. The van der Waals surface area contributed by atoms with Crippen molar-refractivity contribution in [1.29, 1.82) is 0 Å². The third-order valence-electron chi connectivity index (χ3n) is 2.94. The number of halogens is 2. The summed E-state index contributed by atoms with van der Waals surface area (Å²) in [5.41, 5.74) is -0.422. The molecule has 0 aliphatic rings. The molecule has 20 heavy (non-hydrogen) atoms. The lowest BCUT2D eigenvalue weighted by Crippen LogP contribution is -2.49. The zero-order chi connectivity index (χ0) is 15.2. The number of hydrogen-bond donors (Lipinski definition) is 1. The third kappa shape index (κ3) is 4.09. The number of ether oxygens (including phenoxy) is 2. The Morgan fingerprint density at radius 2 is 2.10 bits per heavy atom. The maximum absolute atomic E-state index is 12.3. The Hall–Kier alpha value is -0.810. The molecule has 4 nitrogen and oxygen atoms in total. The normalized spacial score (nSPS) is 13.8. The largest absolute Gasteiger partial charge is 0.464 e. The average molecular weight is 320 g/mol. The minimum atomic E-state index is -1.05. The van der Waals surface area contributed by atoms with Gasteiger partial charge in [-0.3, -0.25) is 5.32 Å². The van der Waals surface area contributed by atoms with Crippen LogP contribution in [0, 0.1) is 0 Å². The number of hydrogen-bond acceptors (Lipinski definition) is 4. The van der Waals surface area contributed by atoms with Gasteiger partial charge in [-0.05, 0) is 26.0 Å². The number of carbonyl (C=O) groups is 1. The van der Waals surface area contributed by atoms with Gasteiger partial charge < -0.3 is 9.47 Å². The van der Waals surface area contributed by atoms with E-state index in [0.29, 0.717) is 35.4 Å². The lowest BCUT2D eigenvalue weighted by atomic mass is 9.92. The molecule has 6 heteroatoms. The molecule has 1 unspecified atom stereocenters. The fourth-order valence-electron chi connectivity index (χ4n) is 1.85. The highest BCUT2D eigenvalue weighted by atomic mass is 35.5. The van der Waals surface area contributed by atoms with Crippen LogP contribution in [0.1, 0.15) is 19.4 Å². The van der Waals surface area contributed by atoms with E-state index >= 15 is 0 Å². The zero-order valence-corrected chi connectivity index (χ0v) is 13.3. The van der Waals surface area contributed by atoms with Gasteiger partial charge in [-0.2, -0.15) is 0 Å². The highest BCUT2D eigenvalue weighted by Gasteiger charge is 2.37. The first-order chi connectivity index (χ1) is 9.45. The van der Waals surface area contributed by atoms with E-state index in [0.717, 1.165) is 0 Å². The van der Waals surface area contributed by atoms with Gasteiger partial charge in [-0.15, -0.1) is 0 Å². The van der Waals surface area contributed by atoms with E-state index in [2.05, 4.69) is 5.32 Å². The second-order valence-electron chi connectivity index (χ2n) is 4.39. The number of esters is 1. The van der Waals surface area contributed by atoms with Crippen LogP contribution in [-0.2, 0) is 19.8 Å². The number of nitrogens with one attached hydrogen (secondary N) is 1. The van der Waals surface area contributed by atoms with Crippen LogP contribution >= 0.6 is 23.2 Å². The first-order valence-corrected chi connectivity index (χ1v) is 7.08. The summed E-state index contributed by atoms with van der Waals surface area (Å²) in [5, 5.41) is 4.06. The Labute approximate surface area is 129 Å². The van der Waals surface area contributed by atoms with Crippen LogP contribution in [0.3, 0.4) is 0 Å². The van der Waals surface area contributed by atoms with E-state index < -0.39 is 5.54 Å². The molecule has 1 rings (SSSR count). The predicted octanol–water partition coefficient (Wildman–Crippen LogP) is 3.01. The van der Waals surface area contributed by atoms with E-state index in [1.54, 1.807) is 39.2 Å². The highest BCUT2D eigenvalue weighted by Crippen LogP contribution is 2.31. The summed E-state index contributed by atoms with van der Waals surface area (Å²) < 4.78 is 10.1. The summed E-state index contributed by atoms with van der Waals surface area (Å²) in [5.74, 6) is -0.389. The maximum Gasteiger partial charge on any atom is 0.330 e. The van der Waals surface area contributed by atoms with Crippen LogP contribution in [0.5, 0.6) is 0 Å². The molecule has 1 atom stereocenters. The SMILES string of the molecule is CCOC(=O)C(C)(NCCOC)c1ccc(Cl)cc1Cl. The molecule has 0 amide bonds. The van der Waals surface area contributed by atoms with Crippen molar-refractivity contribution < 1.29 is 14.3 Å². The highest BCUT2D eigenvalue weighted by molar-refractivity contribution is 6.35. The number of carbonyl (C=O) groups excluding carboxylic acids is 1. The van der Waals surface area contributed by atoms with Gasteiger partial charge >= 0.3 is 5.97 Å². The molecule has 0 aliphatic heterocycles. The number of methoxy groups -OCH3 is 1. The van der Waals surface area contributed by atoms with Crippen molar-refractivity contribution in [2.24, 2.45) is 0 Å². The van der Waals surface area contributed by atoms with E-state index in [-0.39, 0.29) is 5.97 Å². The van der Waals surface area contributed by atoms with Gasteiger partial charge in [0.15, 0.2) is 0 Å². The summed E-state index contributed by atoms with van der Waals surface area (Å²) in [4.78, 5) is 12.3. The Balaban J connectivity index is 3.11. The monoisotopic (exact) mass is 319 g/mol. The van der Waals surface area contributed by atoms with Crippen LogP contribution in [0.4, 0.5) is 0 Å². The molecule has 0 aliphatic carbocycles. The fraction of sp³-hybridized carbons (Fsp3) is 0.500. The van der Waals surface area contributed by atoms with Gasteiger partial charge in [-0.25, -0.2) is 4.79 Å². The van der Waals surface area contributed by atoms with E-state index in [9.17, 15) is 4.79 Å². The molecule has 1 aromatic carbocycles. The van der Waals surface area contributed by atoms with Gasteiger partial charge in [0.05, 0.1) is 13.2 Å². The summed E-state index contributed by atoms with van der Waals surface area (Å²) in [7, 11) is 1.60. The van der Waals surface area contributed by atoms with Crippen LogP contribution < -0.4 is 5.32 Å². The van der Waals surface area contributed by atoms with Gasteiger partial charge in [0.2, 0.25) is 0 Å². The number of rotatable bonds is 7. The summed E-state index contributed by atoms with van der Waals surface area (Å²) >= 11 is 12.1. The molecule has 112 valence electrons. The van der Waals surface area contributed by atoms with Crippen molar-refractivity contribution in [3.63, 3.8) is 0 Å². The Morgan fingerprint density at radius 3 is 2.65 bits per heavy atom. The molecule has 0 radical (unpaired) electrons. The maximum atomic E-state index is 12.3. The van der Waals surface area contributed by atoms with Crippen molar-refractivity contribution in [3.8, 4) is 0 Å². The fourth-order valence-corrected chi connectivity index (χ4v) is 2.45. The van der Waals surface area contributed by atoms with E-state index in [1.807, 2.05) is 0 Å². The van der Waals surface area contributed by atoms with Crippen molar-refractivity contribution in [1.82, 2.24) is 5.32 Å². The average Bonchev–Trinajstić information content (AvgIpc) is 2.39. The van der Waals surface area contributed by atoms with Crippen molar-refractivity contribution >= 4 is 29.2 Å². The lowest BCUT2D eigenvalue weighted by Gasteiger charge is -2.30. The van der Waals surface area contributed by atoms with Crippen molar-refractivity contribution in [2.45, 2.75) is 19.4 Å². The molecular formula is C14H19Cl2NO3. The van der Waals surface area contributed by atoms with Crippen LogP contribution in [0.25, 0.3) is 0 Å². The molecule has 0 aromatic heterocycles. The lowest BCUT2D eigenvalue weighted by molar-refractivity contribution is -0.151. The quantitative estimate of drug-likeness (QED) is 0.620. The van der Waals surface area contributed by atoms with Gasteiger partial charge in [0.1, 0.15) is 5.54 Å². The van der Waals surface area contributed by atoms with Crippen molar-refractivity contribution in [2.75, 3.05) is 26.9 Å². The van der Waals surface area contributed by atoms with Crippen LogP contribution in [-0.4, -0.2) is 32.8 Å². The molecule has 0 spiro atoms.